The summed E-state index contributed by atoms with van der Waals surface area (Å²) in [6.45, 7) is 2.57. The quantitative estimate of drug-likeness (QED) is 0.728. The highest BCUT2D eigenvalue weighted by atomic mass is 19.4. The Hall–Kier alpha value is -2.50. The van der Waals surface area contributed by atoms with E-state index in [-0.39, 0.29) is 0 Å². The van der Waals surface area contributed by atoms with E-state index in [0.717, 1.165) is 29.4 Å². The van der Waals surface area contributed by atoms with Crippen molar-refractivity contribution in [3.8, 4) is 0 Å². The smallest absolute Gasteiger partial charge is 0.381 e. The molecule has 0 amide bonds. The van der Waals surface area contributed by atoms with Gasteiger partial charge in [0.1, 0.15) is 5.69 Å². The van der Waals surface area contributed by atoms with Crippen LogP contribution in [0.15, 0.2) is 42.6 Å². The number of alkyl halides is 3. The van der Waals surface area contributed by atoms with E-state index in [1.54, 1.807) is 18.3 Å². The lowest BCUT2D eigenvalue weighted by atomic mass is 10.1. The summed E-state index contributed by atoms with van der Waals surface area (Å²) in [7, 11) is 0. The van der Waals surface area contributed by atoms with Crippen molar-refractivity contribution in [1.82, 2.24) is 9.97 Å². The number of hydrogen-bond donors (Lipinski definition) is 2. The minimum Gasteiger partial charge on any atom is -0.381 e. The van der Waals surface area contributed by atoms with Gasteiger partial charge in [-0.2, -0.15) is 13.2 Å². The van der Waals surface area contributed by atoms with Crippen molar-refractivity contribution in [3.05, 3.63) is 59.5 Å². The van der Waals surface area contributed by atoms with Gasteiger partial charge in [-0.05, 0) is 42.3 Å². The Morgan fingerprint density at radius 3 is 2.70 bits per heavy atom. The van der Waals surface area contributed by atoms with Gasteiger partial charge in [0.05, 0.1) is 0 Å². The van der Waals surface area contributed by atoms with Crippen LogP contribution in [0.4, 0.5) is 18.9 Å². The molecule has 0 unspecified atom stereocenters. The second kappa shape index (κ2) is 5.95. The lowest BCUT2D eigenvalue weighted by Gasteiger charge is -2.07. The number of rotatable bonds is 4. The van der Waals surface area contributed by atoms with E-state index in [2.05, 4.69) is 15.3 Å². The Morgan fingerprint density at radius 2 is 1.96 bits per heavy atom. The number of fused-ring (bicyclic) bond motifs is 1. The number of aromatic nitrogens is 2. The number of aromatic amines is 1. The van der Waals surface area contributed by atoms with Gasteiger partial charge in [-0.15, -0.1) is 0 Å². The maximum Gasteiger partial charge on any atom is 0.431 e. The lowest BCUT2D eigenvalue weighted by Crippen LogP contribution is -2.04. The van der Waals surface area contributed by atoms with Crippen LogP contribution in [0.3, 0.4) is 0 Å². The molecule has 6 heteroatoms. The minimum absolute atomic E-state index is 0.484. The molecule has 2 aromatic heterocycles. The molecule has 0 radical (unpaired) electrons. The van der Waals surface area contributed by atoms with Crippen molar-refractivity contribution in [2.24, 2.45) is 0 Å². The molecule has 0 aliphatic rings. The molecule has 3 aromatic rings. The number of H-pyrrole nitrogens is 1. The highest BCUT2D eigenvalue weighted by Gasteiger charge is 2.32. The van der Waals surface area contributed by atoms with Crippen LogP contribution < -0.4 is 5.32 Å². The molecule has 23 heavy (non-hydrogen) atoms. The van der Waals surface area contributed by atoms with Crippen LogP contribution in [-0.2, 0) is 19.1 Å². The van der Waals surface area contributed by atoms with Gasteiger partial charge in [0.2, 0.25) is 0 Å². The number of nitrogens with zero attached hydrogens (tertiary/aromatic N) is 1. The fourth-order valence-corrected chi connectivity index (χ4v) is 2.43. The molecule has 0 bridgehead atoms. The molecule has 0 atom stereocenters. The monoisotopic (exact) mass is 319 g/mol. The largest absolute Gasteiger partial charge is 0.431 e. The summed E-state index contributed by atoms with van der Waals surface area (Å²) >= 11 is 0. The first-order valence-corrected chi connectivity index (χ1v) is 7.33. The van der Waals surface area contributed by atoms with Crippen LogP contribution in [-0.4, -0.2) is 9.97 Å². The van der Waals surface area contributed by atoms with Gasteiger partial charge in [0.15, 0.2) is 0 Å². The predicted molar refractivity (Wildman–Crippen MR) is 84.2 cm³/mol. The summed E-state index contributed by atoms with van der Waals surface area (Å²) in [4.78, 5) is 6.63. The van der Waals surface area contributed by atoms with Gasteiger partial charge in [-0.25, -0.2) is 0 Å². The molecule has 3 rings (SSSR count). The predicted octanol–water partition coefficient (Wildman–Crippen LogP) is 4.76. The summed E-state index contributed by atoms with van der Waals surface area (Å²) in [6, 6.07) is 10.2. The first kappa shape index (κ1) is 15.4. The Balaban J connectivity index is 1.78. The fraction of sp³-hybridized carbons (Fsp3) is 0.235. The Morgan fingerprint density at radius 1 is 1.13 bits per heavy atom. The third-order valence-electron chi connectivity index (χ3n) is 3.67. The molecule has 0 spiro atoms. The molecule has 0 fully saturated rings. The van der Waals surface area contributed by atoms with E-state index in [1.165, 1.54) is 0 Å². The van der Waals surface area contributed by atoms with E-state index in [9.17, 15) is 13.2 Å². The van der Waals surface area contributed by atoms with Crippen LogP contribution in [0.2, 0.25) is 0 Å². The number of halogens is 3. The highest BCUT2D eigenvalue weighted by molar-refractivity contribution is 5.81. The van der Waals surface area contributed by atoms with E-state index in [4.69, 9.17) is 0 Å². The molecular weight excluding hydrogens is 303 g/mol. The summed E-state index contributed by atoms with van der Waals surface area (Å²) in [5, 5.41) is 3.82. The van der Waals surface area contributed by atoms with Crippen LogP contribution in [0, 0.1) is 0 Å². The molecule has 0 saturated carbocycles. The zero-order valence-corrected chi connectivity index (χ0v) is 12.5. The SMILES string of the molecule is CCc1cc(NCc2ccc3[nH]c(C(F)(F)F)cc3c2)ccn1. The summed E-state index contributed by atoms with van der Waals surface area (Å²) < 4.78 is 38.2. The minimum atomic E-state index is -4.36. The number of aryl methyl sites for hydroxylation is 1. The first-order valence-electron chi connectivity index (χ1n) is 7.33. The van der Waals surface area contributed by atoms with Crippen LogP contribution in [0.1, 0.15) is 23.9 Å². The van der Waals surface area contributed by atoms with Crippen LogP contribution in [0.25, 0.3) is 10.9 Å². The fourth-order valence-electron chi connectivity index (χ4n) is 2.43. The second-order valence-electron chi connectivity index (χ2n) is 5.35. The summed E-state index contributed by atoms with van der Waals surface area (Å²) in [6.07, 6.45) is -1.76. The van der Waals surface area contributed by atoms with Gasteiger partial charge < -0.3 is 10.3 Å². The van der Waals surface area contributed by atoms with E-state index < -0.39 is 11.9 Å². The maximum absolute atomic E-state index is 12.7. The molecule has 0 aliphatic heterocycles. The third kappa shape index (κ3) is 3.47. The summed E-state index contributed by atoms with van der Waals surface area (Å²) in [5.74, 6) is 0. The molecule has 1 aromatic carbocycles. The van der Waals surface area contributed by atoms with Crippen molar-refractivity contribution in [2.45, 2.75) is 26.1 Å². The number of benzene rings is 1. The summed E-state index contributed by atoms with van der Waals surface area (Å²) in [5.41, 5.74) is 2.62. The van der Waals surface area contributed by atoms with Gasteiger partial charge in [-0.3, -0.25) is 4.98 Å². The van der Waals surface area contributed by atoms with Crippen LogP contribution >= 0.6 is 0 Å². The van der Waals surface area contributed by atoms with Crippen LogP contribution in [0.5, 0.6) is 0 Å². The topological polar surface area (TPSA) is 40.7 Å². The zero-order chi connectivity index (χ0) is 16.4. The molecule has 3 nitrogen and oxygen atoms in total. The molecule has 0 saturated heterocycles. The van der Waals surface area contributed by atoms with Crippen molar-refractivity contribution in [1.29, 1.82) is 0 Å². The van der Waals surface area contributed by atoms with Crippen molar-refractivity contribution in [3.63, 3.8) is 0 Å². The Labute approximate surface area is 131 Å². The van der Waals surface area contributed by atoms with Gasteiger partial charge >= 0.3 is 6.18 Å². The highest BCUT2D eigenvalue weighted by Crippen LogP contribution is 2.31. The Bertz CT molecular complexity index is 821. The number of hydrogen-bond acceptors (Lipinski definition) is 2. The maximum atomic E-state index is 12.7. The van der Waals surface area contributed by atoms with E-state index in [1.807, 2.05) is 25.1 Å². The average molecular weight is 319 g/mol. The molecule has 120 valence electrons. The van der Waals surface area contributed by atoms with Crippen molar-refractivity contribution < 1.29 is 13.2 Å². The number of nitrogens with one attached hydrogen (secondary N) is 2. The van der Waals surface area contributed by atoms with E-state index >= 15 is 0 Å². The van der Waals surface area contributed by atoms with Gasteiger partial charge in [0.25, 0.3) is 0 Å². The number of pyridine rings is 1. The lowest BCUT2D eigenvalue weighted by molar-refractivity contribution is -0.140. The standard InChI is InChI=1S/C17H16F3N3/c1-2-13-9-14(5-6-21-13)22-10-11-3-4-15-12(7-11)8-16(23-15)17(18,19)20/h3-9,23H,2,10H2,1H3,(H,21,22). The molecular formula is C17H16F3N3. The molecule has 2 heterocycles. The molecule has 0 aliphatic carbocycles. The normalized spacial score (nSPS) is 11.8. The second-order valence-corrected chi connectivity index (χ2v) is 5.35. The molecule has 2 N–H and O–H groups in total. The average Bonchev–Trinajstić information content (AvgIpc) is 2.96. The third-order valence-corrected chi connectivity index (χ3v) is 3.67. The van der Waals surface area contributed by atoms with E-state index in [0.29, 0.717) is 17.4 Å². The van der Waals surface area contributed by atoms with Gasteiger partial charge in [0, 0.05) is 35.0 Å². The van der Waals surface area contributed by atoms with Crippen molar-refractivity contribution >= 4 is 16.6 Å². The van der Waals surface area contributed by atoms with Gasteiger partial charge in [-0.1, -0.05) is 13.0 Å². The Kier molecular flexibility index (Phi) is 3.98. The van der Waals surface area contributed by atoms with Crippen molar-refractivity contribution in [2.75, 3.05) is 5.32 Å². The number of anilines is 1. The zero-order valence-electron chi connectivity index (χ0n) is 12.5. The first-order chi connectivity index (χ1) is 11.0.